The highest BCUT2D eigenvalue weighted by atomic mass is 79.9. The fourth-order valence-corrected chi connectivity index (χ4v) is 8.09. The first-order valence-corrected chi connectivity index (χ1v) is 16.5. The maximum absolute atomic E-state index is 13.8. The predicted molar refractivity (Wildman–Crippen MR) is 165 cm³/mol. The molecule has 2 aliphatic carbocycles. The van der Waals surface area contributed by atoms with Gasteiger partial charge in [0.1, 0.15) is 4.90 Å². The molecule has 2 aromatic rings. The molecule has 1 aliphatic heterocycles. The van der Waals surface area contributed by atoms with Crippen molar-refractivity contribution in [2.45, 2.75) is 71.1 Å². The number of carbonyl (C=O) groups excluding carboxylic acids is 2. The second kappa shape index (κ2) is 10.8. The molecule has 3 aliphatic rings. The Hall–Kier alpha value is -2.62. The predicted octanol–water partition coefficient (Wildman–Crippen LogP) is 7.58. The molecular formula is C32H35BrClNO6S. The maximum atomic E-state index is 13.8. The van der Waals surface area contributed by atoms with Crippen LogP contribution in [0.15, 0.2) is 68.3 Å². The molecule has 0 fully saturated rings. The van der Waals surface area contributed by atoms with Crippen molar-refractivity contribution in [1.82, 2.24) is 4.90 Å². The molecule has 5 rings (SSSR count). The molecule has 0 unspecified atom stereocenters. The highest BCUT2D eigenvalue weighted by molar-refractivity contribution is 9.10. The van der Waals surface area contributed by atoms with Crippen LogP contribution in [0.2, 0.25) is 5.02 Å². The Morgan fingerprint density at radius 2 is 1.45 bits per heavy atom. The number of rotatable bonds is 6. The van der Waals surface area contributed by atoms with Crippen LogP contribution in [0.4, 0.5) is 0 Å². The van der Waals surface area contributed by atoms with Gasteiger partial charge in [0.2, 0.25) is 0 Å². The number of ketones is 2. The second-order valence-corrected chi connectivity index (χ2v) is 15.7. The van der Waals surface area contributed by atoms with Gasteiger partial charge in [-0.3, -0.25) is 9.59 Å². The van der Waals surface area contributed by atoms with Crippen molar-refractivity contribution >= 4 is 49.2 Å². The Kier molecular flexibility index (Phi) is 7.95. The molecule has 0 spiro atoms. The van der Waals surface area contributed by atoms with E-state index < -0.39 is 16.0 Å². The van der Waals surface area contributed by atoms with Gasteiger partial charge in [-0.2, -0.15) is 8.42 Å². The zero-order chi connectivity index (χ0) is 30.8. The second-order valence-electron chi connectivity index (χ2n) is 12.8. The summed E-state index contributed by atoms with van der Waals surface area (Å²) in [5, 5.41) is 0.399. The van der Waals surface area contributed by atoms with Crippen molar-refractivity contribution in [3.05, 3.63) is 74.0 Å². The lowest BCUT2D eigenvalue weighted by molar-refractivity contribution is -0.119. The summed E-state index contributed by atoms with van der Waals surface area (Å²) >= 11 is 9.46. The van der Waals surface area contributed by atoms with Gasteiger partial charge in [0.15, 0.2) is 23.1 Å². The first-order chi connectivity index (χ1) is 19.5. The van der Waals surface area contributed by atoms with Crippen LogP contribution in [0.5, 0.6) is 11.5 Å². The van der Waals surface area contributed by atoms with Crippen LogP contribution >= 0.6 is 27.5 Å². The smallest absolute Gasteiger partial charge is 0.339 e. The Labute approximate surface area is 261 Å². The molecule has 0 N–H and O–H groups in total. The lowest BCUT2D eigenvalue weighted by Crippen LogP contribution is -2.43. The lowest BCUT2D eigenvalue weighted by Gasteiger charge is -2.48. The SMILES string of the molecule is CCOc1cc(C2C3=C(CC(C)(C)CC3=O)N(C)C3=C2C(=O)CC(C)(C)C3)cc(Br)c1OS(=O)(=O)c1ccc(Cl)cc1. The largest absolute Gasteiger partial charge is 0.490 e. The summed E-state index contributed by atoms with van der Waals surface area (Å²) in [5.74, 6) is -0.395. The van der Waals surface area contributed by atoms with Gasteiger partial charge in [0.25, 0.3) is 0 Å². The topological polar surface area (TPSA) is 90.0 Å². The molecule has 42 heavy (non-hydrogen) atoms. The van der Waals surface area contributed by atoms with Crippen molar-refractivity contribution in [2.24, 2.45) is 10.8 Å². The van der Waals surface area contributed by atoms with E-state index >= 15 is 0 Å². The van der Waals surface area contributed by atoms with Crippen LogP contribution in [0.3, 0.4) is 0 Å². The Morgan fingerprint density at radius 3 is 1.95 bits per heavy atom. The summed E-state index contributed by atoms with van der Waals surface area (Å²) < 4.78 is 38.2. The third-order valence-electron chi connectivity index (χ3n) is 8.14. The van der Waals surface area contributed by atoms with Crippen LogP contribution in [0.1, 0.15) is 71.8 Å². The molecule has 0 aromatic heterocycles. The van der Waals surface area contributed by atoms with E-state index in [1.54, 1.807) is 19.1 Å². The number of Topliss-reactive ketones (excluding diaryl/α,β-unsaturated/α-hetero) is 2. The molecular weight excluding hydrogens is 642 g/mol. The number of nitrogens with zero attached hydrogens (tertiary/aromatic N) is 1. The Morgan fingerprint density at radius 1 is 0.929 bits per heavy atom. The molecule has 0 atom stereocenters. The molecule has 10 heteroatoms. The van der Waals surface area contributed by atoms with E-state index in [-0.39, 0.29) is 45.4 Å². The molecule has 1 heterocycles. The van der Waals surface area contributed by atoms with E-state index in [0.717, 1.165) is 11.4 Å². The molecule has 0 bridgehead atoms. The quantitative estimate of drug-likeness (QED) is 0.292. The minimum absolute atomic E-state index is 0.0147. The minimum atomic E-state index is -4.22. The highest BCUT2D eigenvalue weighted by Gasteiger charge is 2.48. The lowest BCUT2D eigenvalue weighted by atomic mass is 9.64. The number of hydrogen-bond donors (Lipinski definition) is 0. The van der Waals surface area contributed by atoms with Crippen LogP contribution in [-0.2, 0) is 19.7 Å². The van der Waals surface area contributed by atoms with Crippen molar-refractivity contribution in [3.63, 3.8) is 0 Å². The van der Waals surface area contributed by atoms with Gasteiger partial charge in [-0.25, -0.2) is 0 Å². The minimum Gasteiger partial charge on any atom is -0.490 e. The third kappa shape index (κ3) is 5.67. The third-order valence-corrected chi connectivity index (χ3v) is 10.2. The summed E-state index contributed by atoms with van der Waals surface area (Å²) in [6, 6.07) is 9.12. The molecule has 2 aromatic carbocycles. The maximum Gasteiger partial charge on any atom is 0.339 e. The molecule has 224 valence electrons. The Bertz CT molecular complexity index is 1600. The number of ether oxygens (including phenoxy) is 1. The summed E-state index contributed by atoms with van der Waals surface area (Å²) in [4.78, 5) is 29.7. The standard InChI is InChI=1S/C32H35BrClNO6S/c1-7-40-26-13-18(12-21(33)30(26)41-42(38,39)20-10-8-19(34)9-11-20)27-28-22(14-31(2,3)16-24(28)36)35(6)23-15-32(4,5)17-25(37)29(23)27/h8-13,27H,7,14-17H2,1-6H3. The first-order valence-electron chi connectivity index (χ1n) is 14.0. The summed E-state index contributed by atoms with van der Waals surface area (Å²) in [6.07, 6.45) is 2.15. The fraction of sp³-hybridized carbons (Fsp3) is 0.438. The number of allylic oxidation sites excluding steroid dienone is 4. The number of benzene rings is 2. The van der Waals surface area contributed by atoms with Crippen molar-refractivity contribution in [2.75, 3.05) is 13.7 Å². The van der Waals surface area contributed by atoms with Crippen LogP contribution in [0, 0.1) is 10.8 Å². The van der Waals surface area contributed by atoms with Gasteiger partial charge < -0.3 is 13.8 Å². The summed E-state index contributed by atoms with van der Waals surface area (Å²) in [5.41, 5.74) is 3.35. The summed E-state index contributed by atoms with van der Waals surface area (Å²) in [6.45, 7) is 10.4. The number of carbonyl (C=O) groups is 2. The number of hydrogen-bond acceptors (Lipinski definition) is 7. The van der Waals surface area contributed by atoms with Gasteiger partial charge in [0.05, 0.1) is 11.1 Å². The zero-order valence-corrected chi connectivity index (χ0v) is 27.8. The monoisotopic (exact) mass is 675 g/mol. The van der Waals surface area contributed by atoms with E-state index in [1.165, 1.54) is 24.3 Å². The van der Waals surface area contributed by atoms with Gasteiger partial charge in [-0.1, -0.05) is 39.3 Å². The van der Waals surface area contributed by atoms with Gasteiger partial charge in [-0.15, -0.1) is 0 Å². The zero-order valence-electron chi connectivity index (χ0n) is 24.6. The van der Waals surface area contributed by atoms with E-state index in [1.807, 2.05) is 7.05 Å². The molecule has 0 saturated heterocycles. The highest BCUT2D eigenvalue weighted by Crippen LogP contribution is 2.55. The fourth-order valence-electron chi connectivity index (χ4n) is 6.36. The van der Waals surface area contributed by atoms with Gasteiger partial charge >= 0.3 is 10.1 Å². The molecule has 0 saturated carbocycles. The first kappa shape index (κ1) is 30.8. The van der Waals surface area contributed by atoms with Crippen LogP contribution in [0.25, 0.3) is 0 Å². The summed E-state index contributed by atoms with van der Waals surface area (Å²) in [7, 11) is -2.26. The average Bonchev–Trinajstić information content (AvgIpc) is 2.86. The normalized spacial score (nSPS) is 20.4. The van der Waals surface area contributed by atoms with Gasteiger partial charge in [0, 0.05) is 53.4 Å². The average molecular weight is 677 g/mol. The molecule has 0 radical (unpaired) electrons. The number of halogens is 2. The van der Waals surface area contributed by atoms with E-state index in [0.29, 0.717) is 51.9 Å². The van der Waals surface area contributed by atoms with Crippen molar-refractivity contribution in [3.8, 4) is 11.5 Å². The van der Waals surface area contributed by atoms with Crippen molar-refractivity contribution in [1.29, 1.82) is 0 Å². The molecule has 0 amide bonds. The Balaban J connectivity index is 1.68. The molecule has 7 nitrogen and oxygen atoms in total. The van der Waals surface area contributed by atoms with Gasteiger partial charge in [-0.05, 0) is 88.5 Å². The van der Waals surface area contributed by atoms with Crippen molar-refractivity contribution < 1.29 is 26.9 Å². The van der Waals surface area contributed by atoms with E-state index in [2.05, 4.69) is 48.5 Å². The van der Waals surface area contributed by atoms with Crippen LogP contribution < -0.4 is 8.92 Å². The van der Waals surface area contributed by atoms with E-state index in [4.69, 9.17) is 20.5 Å². The van der Waals surface area contributed by atoms with Crippen LogP contribution in [-0.4, -0.2) is 38.5 Å². The van der Waals surface area contributed by atoms with E-state index in [9.17, 15) is 18.0 Å².